The summed E-state index contributed by atoms with van der Waals surface area (Å²) in [6, 6.07) is 0. The molecule has 6 atom stereocenters. The predicted molar refractivity (Wildman–Crippen MR) is 284 cm³/mol. The number of carboxylic acids is 1. The molecule has 402 valence electrons. The molecule has 71 heavy (non-hydrogen) atoms. The minimum Gasteiger partial charge on any atom is -0.479 e. The molecule has 0 radical (unpaired) electrons. The third kappa shape index (κ3) is 37.1. The summed E-state index contributed by atoms with van der Waals surface area (Å²) in [6.07, 6.45) is 48.3. The van der Waals surface area contributed by atoms with E-state index in [-0.39, 0.29) is 25.9 Å². The van der Waals surface area contributed by atoms with E-state index in [4.69, 9.17) is 23.7 Å². The van der Waals surface area contributed by atoms with Gasteiger partial charge in [-0.2, -0.15) is 0 Å². The van der Waals surface area contributed by atoms with Crippen molar-refractivity contribution in [2.45, 2.75) is 237 Å². The molecule has 1 aliphatic heterocycles. The number of carboxylic acid groups (broad SMARTS) is 1. The molecule has 1 fully saturated rings. The van der Waals surface area contributed by atoms with Crippen molar-refractivity contribution in [2.24, 2.45) is 0 Å². The molecular weight excluding hydrogens is 901 g/mol. The first-order valence-electron chi connectivity index (χ1n) is 27.2. The molecule has 1 heterocycles. The number of unbranched alkanes of at least 4 members (excludes halogenated alkanes) is 14. The van der Waals surface area contributed by atoms with Gasteiger partial charge in [-0.1, -0.05) is 176 Å². The number of aliphatic hydroxyl groups excluding tert-OH is 2. The summed E-state index contributed by atoms with van der Waals surface area (Å²) in [5.41, 5.74) is 0. The Bertz CT molecular complexity index is 1610. The van der Waals surface area contributed by atoms with Crippen molar-refractivity contribution in [1.29, 1.82) is 0 Å². The van der Waals surface area contributed by atoms with Crippen molar-refractivity contribution in [3.63, 3.8) is 0 Å². The van der Waals surface area contributed by atoms with E-state index >= 15 is 0 Å². The molecule has 12 heteroatoms. The number of hydrogen-bond acceptors (Lipinski definition) is 11. The van der Waals surface area contributed by atoms with Gasteiger partial charge in [-0.25, -0.2) is 4.79 Å². The first-order valence-corrected chi connectivity index (χ1v) is 27.2. The molecule has 0 aromatic carbocycles. The molecule has 12 nitrogen and oxygen atoms in total. The van der Waals surface area contributed by atoms with Crippen molar-refractivity contribution in [3.8, 4) is 0 Å². The van der Waals surface area contributed by atoms with E-state index in [9.17, 15) is 34.5 Å². The van der Waals surface area contributed by atoms with E-state index < -0.39 is 67.3 Å². The Labute approximate surface area is 428 Å². The van der Waals surface area contributed by atoms with Crippen LogP contribution in [0.1, 0.15) is 201 Å². The van der Waals surface area contributed by atoms with Crippen molar-refractivity contribution in [3.05, 3.63) is 97.2 Å². The molecule has 0 spiro atoms. The number of allylic oxidation sites excluding steroid dienone is 16. The van der Waals surface area contributed by atoms with Gasteiger partial charge in [0.2, 0.25) is 0 Å². The van der Waals surface area contributed by atoms with E-state index in [0.29, 0.717) is 25.7 Å². The molecule has 1 rings (SSSR count). The molecule has 3 N–H and O–H groups in total. The van der Waals surface area contributed by atoms with Gasteiger partial charge in [0.25, 0.3) is 0 Å². The fourth-order valence-corrected chi connectivity index (χ4v) is 7.45. The van der Waals surface area contributed by atoms with Crippen molar-refractivity contribution in [2.75, 3.05) is 13.2 Å². The average Bonchev–Trinajstić information content (AvgIpc) is 3.35. The second kappa shape index (κ2) is 46.7. The van der Waals surface area contributed by atoms with Crippen LogP contribution >= 0.6 is 0 Å². The zero-order valence-electron chi connectivity index (χ0n) is 43.9. The fraction of sp³-hybridized carbons (Fsp3) is 0.661. The van der Waals surface area contributed by atoms with Crippen LogP contribution in [0.4, 0.5) is 0 Å². The second-order valence-corrected chi connectivity index (χ2v) is 18.1. The van der Waals surface area contributed by atoms with E-state index in [2.05, 4.69) is 106 Å². The van der Waals surface area contributed by atoms with Gasteiger partial charge in [-0.15, -0.1) is 0 Å². The lowest BCUT2D eigenvalue weighted by atomic mass is 9.98. The summed E-state index contributed by atoms with van der Waals surface area (Å²) in [6.45, 7) is 5.67. The summed E-state index contributed by atoms with van der Waals surface area (Å²) in [7, 11) is 0. The third-order valence-electron chi connectivity index (χ3n) is 11.6. The van der Waals surface area contributed by atoms with E-state index in [0.717, 1.165) is 116 Å². The molecule has 0 amide bonds. The predicted octanol–water partition coefficient (Wildman–Crippen LogP) is 13.3. The van der Waals surface area contributed by atoms with Crippen LogP contribution in [0.3, 0.4) is 0 Å². The highest BCUT2D eigenvalue weighted by molar-refractivity contribution is 5.74. The van der Waals surface area contributed by atoms with Crippen LogP contribution in [0.25, 0.3) is 0 Å². The largest absolute Gasteiger partial charge is 0.479 e. The van der Waals surface area contributed by atoms with Gasteiger partial charge in [0.15, 0.2) is 24.6 Å². The Balaban J connectivity index is 2.78. The molecule has 0 bridgehead atoms. The summed E-state index contributed by atoms with van der Waals surface area (Å²) in [4.78, 5) is 50.9. The lowest BCUT2D eigenvalue weighted by Crippen LogP contribution is -2.61. The summed E-state index contributed by atoms with van der Waals surface area (Å²) in [5.74, 6) is -3.28. The van der Waals surface area contributed by atoms with E-state index in [1.165, 1.54) is 19.3 Å². The van der Waals surface area contributed by atoms with Gasteiger partial charge in [0.05, 0.1) is 6.61 Å². The molecule has 0 saturated carbocycles. The van der Waals surface area contributed by atoms with Gasteiger partial charge in [0, 0.05) is 19.3 Å². The Morgan fingerprint density at radius 2 is 0.944 bits per heavy atom. The number of aliphatic carboxylic acids is 1. The van der Waals surface area contributed by atoms with Crippen LogP contribution in [-0.4, -0.2) is 89.2 Å². The topological polar surface area (TPSA) is 175 Å². The molecule has 0 aliphatic carbocycles. The van der Waals surface area contributed by atoms with Crippen LogP contribution < -0.4 is 0 Å². The van der Waals surface area contributed by atoms with Gasteiger partial charge in [-0.05, 0) is 103 Å². The number of carbonyl (C=O) groups excluding carboxylic acids is 3. The van der Waals surface area contributed by atoms with Gasteiger partial charge >= 0.3 is 23.9 Å². The maximum Gasteiger partial charge on any atom is 0.335 e. The molecule has 0 aromatic heterocycles. The lowest BCUT2D eigenvalue weighted by Gasteiger charge is -2.40. The van der Waals surface area contributed by atoms with Gasteiger partial charge < -0.3 is 39.0 Å². The highest BCUT2D eigenvalue weighted by Gasteiger charge is 2.50. The monoisotopic (exact) mass is 995 g/mol. The number of rotatable bonds is 44. The smallest absolute Gasteiger partial charge is 0.335 e. The minimum atomic E-state index is -1.92. The molecule has 1 saturated heterocycles. The zero-order chi connectivity index (χ0) is 51.8. The summed E-state index contributed by atoms with van der Waals surface area (Å²) >= 11 is 0. The first-order chi connectivity index (χ1) is 34.6. The minimum absolute atomic E-state index is 0.0303. The Morgan fingerprint density at radius 3 is 1.46 bits per heavy atom. The highest BCUT2D eigenvalue weighted by atomic mass is 16.7. The lowest BCUT2D eigenvalue weighted by molar-refractivity contribution is -0.301. The summed E-state index contributed by atoms with van der Waals surface area (Å²) < 4.78 is 28.2. The van der Waals surface area contributed by atoms with Crippen LogP contribution in [0.2, 0.25) is 0 Å². The van der Waals surface area contributed by atoms with Crippen LogP contribution in [0.15, 0.2) is 97.2 Å². The highest BCUT2D eigenvalue weighted by Crippen LogP contribution is 2.26. The van der Waals surface area contributed by atoms with Crippen LogP contribution in [0.5, 0.6) is 0 Å². The van der Waals surface area contributed by atoms with Crippen molar-refractivity contribution >= 4 is 23.9 Å². The van der Waals surface area contributed by atoms with E-state index in [1.807, 2.05) is 12.2 Å². The van der Waals surface area contributed by atoms with E-state index in [1.54, 1.807) is 0 Å². The first kappa shape index (κ1) is 64.7. The SMILES string of the molecule is CC/C=C\C/C=C\C/C=C\C/C=C\CCC(=O)OC(COC(=O)CCCCCCC/C=C\C/C=C\CCCCC)COC1OC(C(=O)O)C(O)C(O)C1OC(=O)CCCCCCC/C=C\C/C=C\CCC. The summed E-state index contributed by atoms with van der Waals surface area (Å²) in [5, 5.41) is 31.4. The zero-order valence-corrected chi connectivity index (χ0v) is 43.9. The molecular formula is C59H94O12. The fourth-order valence-electron chi connectivity index (χ4n) is 7.45. The second-order valence-electron chi connectivity index (χ2n) is 18.1. The third-order valence-corrected chi connectivity index (χ3v) is 11.6. The average molecular weight is 995 g/mol. The Hall–Kier alpha value is -4.36. The standard InChI is InChI=1S/C59H94O12/c1-4-7-10-13-16-19-22-25-26-29-30-33-36-39-42-45-51(60)67-48-50(69-52(61)46-43-40-37-34-31-27-23-20-17-14-11-8-5-2)49-68-59-57(55(64)54(63)56(71-59)58(65)66)70-53(62)47-44-41-38-35-32-28-24-21-18-15-12-9-6-3/h8,11-12,15-17,19-21,24-27,31,37,40,50,54-57,59,63-64H,4-7,9-10,13-14,18,22-23,28-30,32-36,38-39,41-49H2,1-3H3,(H,65,66)/b11-8-,15-12-,19-16-,20-17-,24-21-,26-25-,31-27-,40-37-. The Kier molecular flexibility index (Phi) is 42.5. The number of esters is 3. The maximum absolute atomic E-state index is 13.0. The van der Waals surface area contributed by atoms with Crippen molar-refractivity contribution in [1.82, 2.24) is 0 Å². The van der Waals surface area contributed by atoms with Crippen LogP contribution in [-0.2, 0) is 42.9 Å². The van der Waals surface area contributed by atoms with Crippen molar-refractivity contribution < 1.29 is 58.2 Å². The molecule has 0 aromatic rings. The Morgan fingerprint density at radius 1 is 0.479 bits per heavy atom. The maximum atomic E-state index is 13.0. The molecule has 1 aliphatic rings. The molecule has 6 unspecified atom stereocenters. The van der Waals surface area contributed by atoms with Gasteiger partial charge in [0.1, 0.15) is 18.8 Å². The van der Waals surface area contributed by atoms with Gasteiger partial charge in [-0.3, -0.25) is 14.4 Å². The number of carbonyl (C=O) groups is 4. The number of aliphatic hydroxyl groups is 2. The number of hydrogen-bond donors (Lipinski definition) is 3. The normalized spacial score (nSPS) is 19.3. The quantitative estimate of drug-likeness (QED) is 0.0228. The van der Waals surface area contributed by atoms with Crippen LogP contribution in [0, 0.1) is 0 Å². The number of ether oxygens (including phenoxy) is 5.